The van der Waals surface area contributed by atoms with E-state index in [9.17, 15) is 19.2 Å². The zero-order valence-corrected chi connectivity index (χ0v) is 34.5. The quantitative estimate of drug-likeness (QED) is 0.113. The molecule has 4 amide bonds. The largest absolute Gasteiger partial charge is 0.453 e. The minimum absolute atomic E-state index is 0.132. The molecule has 2 aromatic heterocycles. The SMILES string of the molecule is COC(=O)N[C@H](C(=O)N1CCC[C@H]1c1ncc(C#CC#Cc2ccc(-c3cnc([C@@H]4CCCN4C(=O)[C@H](NC(=O)OC)c4ccccc4)[nH]3)cc2-c2ccccc2)[nH]1)C(C)C. The van der Waals surface area contributed by atoms with Gasteiger partial charge in [0.1, 0.15) is 29.4 Å². The van der Waals surface area contributed by atoms with Crippen molar-refractivity contribution in [2.75, 3.05) is 27.3 Å². The minimum Gasteiger partial charge on any atom is -0.453 e. The Hall–Kier alpha value is -7.32. The van der Waals surface area contributed by atoms with Gasteiger partial charge in [-0.25, -0.2) is 19.6 Å². The predicted octanol–water partition coefficient (Wildman–Crippen LogP) is 6.67. The number of rotatable bonds is 10. The molecule has 312 valence electrons. The summed E-state index contributed by atoms with van der Waals surface area (Å²) in [4.78, 5) is 71.3. The standard InChI is InChI=1S/C47H48N8O6/c1-30(2)40(52-46(58)60-3)44(56)54-25-13-21-38(54)42-48-28-35(50-42)20-12-11-17-32-23-24-34(27-36(32)31-15-7-5-8-16-31)37-29-49-43(51-37)39-22-14-26-55(39)45(57)41(53-47(59)61-4)33-18-9-6-10-19-33/h5-10,15-16,18-19,23-24,27-30,38-41H,13-14,21-22,25-26H2,1-4H3,(H,48,50)(H,49,51)(H,52,58)(H,53,59)/t38-,39-,40-,41+/m0/s1. The number of methoxy groups -OCH3 is 2. The Bertz CT molecular complexity index is 2490. The lowest BCUT2D eigenvalue weighted by Gasteiger charge is -2.29. The van der Waals surface area contributed by atoms with Crippen LogP contribution in [-0.2, 0) is 19.1 Å². The summed E-state index contributed by atoms with van der Waals surface area (Å²) >= 11 is 0. The van der Waals surface area contributed by atoms with E-state index >= 15 is 0 Å². The number of aromatic nitrogens is 4. The molecule has 2 aliphatic heterocycles. The van der Waals surface area contributed by atoms with E-state index in [1.165, 1.54) is 14.2 Å². The second-order valence-corrected chi connectivity index (χ2v) is 15.2. The van der Waals surface area contributed by atoms with Crippen LogP contribution in [0.25, 0.3) is 22.4 Å². The van der Waals surface area contributed by atoms with Gasteiger partial charge in [0, 0.05) is 24.2 Å². The summed E-state index contributed by atoms with van der Waals surface area (Å²) in [5.74, 6) is 13.0. The molecule has 2 saturated heterocycles. The Kier molecular flexibility index (Phi) is 13.1. The highest BCUT2D eigenvalue weighted by molar-refractivity contribution is 5.88. The molecular formula is C47H48N8O6. The maximum absolute atomic E-state index is 14.0. The second-order valence-electron chi connectivity index (χ2n) is 15.2. The van der Waals surface area contributed by atoms with Gasteiger partial charge < -0.3 is 39.9 Å². The Balaban J connectivity index is 1.09. The number of amides is 4. The monoisotopic (exact) mass is 820 g/mol. The van der Waals surface area contributed by atoms with Crippen molar-refractivity contribution in [2.45, 2.75) is 63.7 Å². The number of hydrogen-bond donors (Lipinski definition) is 4. The third kappa shape index (κ3) is 9.61. The van der Waals surface area contributed by atoms with Crippen LogP contribution in [0.4, 0.5) is 9.59 Å². The van der Waals surface area contributed by atoms with Crippen molar-refractivity contribution in [2.24, 2.45) is 5.92 Å². The van der Waals surface area contributed by atoms with Crippen molar-refractivity contribution in [3.63, 3.8) is 0 Å². The van der Waals surface area contributed by atoms with Crippen molar-refractivity contribution < 1.29 is 28.7 Å². The summed E-state index contributed by atoms with van der Waals surface area (Å²) < 4.78 is 9.59. The number of alkyl carbamates (subject to hydrolysis) is 2. The van der Waals surface area contributed by atoms with Gasteiger partial charge in [0.05, 0.1) is 44.4 Å². The highest BCUT2D eigenvalue weighted by Gasteiger charge is 2.38. The summed E-state index contributed by atoms with van der Waals surface area (Å²) in [5.41, 5.74) is 5.59. The van der Waals surface area contributed by atoms with Crippen LogP contribution < -0.4 is 10.6 Å². The van der Waals surface area contributed by atoms with Crippen LogP contribution in [0.5, 0.6) is 0 Å². The average Bonchev–Trinajstić information content (AvgIpc) is 4.14. The van der Waals surface area contributed by atoms with Crippen LogP contribution in [0.15, 0.2) is 91.3 Å². The molecule has 61 heavy (non-hydrogen) atoms. The number of carbonyl (C=O) groups excluding carboxylic acids is 4. The fourth-order valence-corrected chi connectivity index (χ4v) is 7.88. The average molecular weight is 821 g/mol. The number of H-pyrrole nitrogens is 2. The number of benzene rings is 3. The third-order valence-electron chi connectivity index (χ3n) is 11.0. The first kappa shape index (κ1) is 41.8. The first-order chi connectivity index (χ1) is 29.6. The van der Waals surface area contributed by atoms with E-state index in [-0.39, 0.29) is 29.8 Å². The molecule has 0 saturated carbocycles. The number of aromatic amines is 2. The molecule has 0 radical (unpaired) electrons. The van der Waals surface area contributed by atoms with Gasteiger partial charge in [0.25, 0.3) is 5.91 Å². The van der Waals surface area contributed by atoms with Crippen LogP contribution in [0, 0.1) is 29.6 Å². The summed E-state index contributed by atoms with van der Waals surface area (Å²) in [6.45, 7) is 4.84. The molecule has 0 unspecified atom stereocenters. The van der Waals surface area contributed by atoms with Crippen molar-refractivity contribution in [3.8, 4) is 46.1 Å². The van der Waals surface area contributed by atoms with Gasteiger partial charge in [-0.1, -0.05) is 86.5 Å². The zero-order chi connectivity index (χ0) is 42.9. The van der Waals surface area contributed by atoms with Gasteiger partial charge in [-0.05, 0) is 78.2 Å². The number of ether oxygens (including phenoxy) is 2. The molecule has 0 bridgehead atoms. The normalized spacial score (nSPS) is 16.7. The van der Waals surface area contributed by atoms with E-state index in [1.54, 1.807) is 22.2 Å². The summed E-state index contributed by atoms with van der Waals surface area (Å²) in [6, 6.07) is 22.9. The molecule has 4 atom stereocenters. The van der Waals surface area contributed by atoms with Crippen LogP contribution in [0.2, 0.25) is 0 Å². The number of imidazole rings is 2. The Morgan fingerprint density at radius 3 is 2.00 bits per heavy atom. The fraction of sp³-hybridized carbons (Fsp3) is 0.319. The summed E-state index contributed by atoms with van der Waals surface area (Å²) in [6.07, 6.45) is 5.14. The Morgan fingerprint density at radius 1 is 0.721 bits per heavy atom. The molecule has 4 heterocycles. The number of hydrogen-bond acceptors (Lipinski definition) is 8. The molecule has 5 aromatic rings. The first-order valence-corrected chi connectivity index (χ1v) is 20.3. The highest BCUT2D eigenvalue weighted by atomic mass is 16.5. The summed E-state index contributed by atoms with van der Waals surface area (Å²) in [7, 11) is 2.55. The molecule has 2 aliphatic rings. The number of carbonyl (C=O) groups is 4. The predicted molar refractivity (Wildman–Crippen MR) is 228 cm³/mol. The number of likely N-dealkylation sites (tertiary alicyclic amines) is 2. The van der Waals surface area contributed by atoms with Crippen LogP contribution >= 0.6 is 0 Å². The van der Waals surface area contributed by atoms with E-state index in [0.717, 1.165) is 53.6 Å². The lowest BCUT2D eigenvalue weighted by molar-refractivity contribution is -0.135. The van der Waals surface area contributed by atoms with Gasteiger partial charge >= 0.3 is 12.2 Å². The van der Waals surface area contributed by atoms with Gasteiger partial charge in [-0.2, -0.15) is 0 Å². The molecule has 14 heteroatoms. The number of nitrogens with one attached hydrogen (secondary N) is 4. The molecule has 3 aromatic carbocycles. The molecule has 7 rings (SSSR count). The van der Waals surface area contributed by atoms with Crippen LogP contribution in [0.3, 0.4) is 0 Å². The molecular weight excluding hydrogens is 773 g/mol. The summed E-state index contributed by atoms with van der Waals surface area (Å²) in [5, 5.41) is 5.39. The van der Waals surface area contributed by atoms with Crippen molar-refractivity contribution in [1.82, 2.24) is 40.4 Å². The molecule has 2 fully saturated rings. The van der Waals surface area contributed by atoms with Gasteiger partial charge in [-0.15, -0.1) is 0 Å². The van der Waals surface area contributed by atoms with Crippen molar-refractivity contribution in [3.05, 3.63) is 120 Å². The zero-order valence-electron chi connectivity index (χ0n) is 34.5. The molecule has 14 nitrogen and oxygen atoms in total. The van der Waals surface area contributed by atoms with E-state index in [4.69, 9.17) is 14.5 Å². The third-order valence-corrected chi connectivity index (χ3v) is 11.0. The fourth-order valence-electron chi connectivity index (χ4n) is 7.88. The van der Waals surface area contributed by atoms with Crippen LogP contribution in [0.1, 0.15) is 86.1 Å². The van der Waals surface area contributed by atoms with E-state index < -0.39 is 24.3 Å². The Morgan fingerprint density at radius 2 is 1.33 bits per heavy atom. The number of nitrogens with zero attached hydrogens (tertiary/aromatic N) is 4. The van der Waals surface area contributed by atoms with Gasteiger partial charge in [-0.3, -0.25) is 9.59 Å². The molecule has 4 N–H and O–H groups in total. The topological polar surface area (TPSA) is 175 Å². The maximum atomic E-state index is 14.0. The van der Waals surface area contributed by atoms with Crippen molar-refractivity contribution >= 4 is 24.0 Å². The Labute approximate surface area is 354 Å². The second kappa shape index (κ2) is 19.2. The first-order valence-electron chi connectivity index (χ1n) is 20.3. The van der Waals surface area contributed by atoms with E-state index in [2.05, 4.69) is 55.3 Å². The smallest absolute Gasteiger partial charge is 0.407 e. The lowest BCUT2D eigenvalue weighted by atomic mass is 9.96. The van der Waals surface area contributed by atoms with Crippen molar-refractivity contribution in [1.29, 1.82) is 0 Å². The van der Waals surface area contributed by atoms with Gasteiger partial charge in [0.15, 0.2) is 0 Å². The van der Waals surface area contributed by atoms with E-state index in [1.807, 2.05) is 86.6 Å². The van der Waals surface area contributed by atoms with Crippen LogP contribution in [-0.4, -0.2) is 87.1 Å². The van der Waals surface area contributed by atoms with Gasteiger partial charge in [0.2, 0.25) is 5.91 Å². The highest BCUT2D eigenvalue weighted by Crippen LogP contribution is 2.36. The maximum Gasteiger partial charge on any atom is 0.407 e. The molecule has 0 spiro atoms. The van der Waals surface area contributed by atoms with E-state index in [0.29, 0.717) is 36.0 Å². The molecule has 0 aliphatic carbocycles. The lowest BCUT2D eigenvalue weighted by Crippen LogP contribution is -2.51. The minimum atomic E-state index is -0.908.